The van der Waals surface area contributed by atoms with Crippen LogP contribution in [0.3, 0.4) is 0 Å². The van der Waals surface area contributed by atoms with Crippen molar-refractivity contribution in [1.29, 1.82) is 0 Å². The molecule has 0 saturated carbocycles. The van der Waals surface area contributed by atoms with Gasteiger partial charge >= 0.3 is 0 Å². The molecule has 8 heteroatoms. The topological polar surface area (TPSA) is 88.3 Å². The van der Waals surface area contributed by atoms with Crippen LogP contribution in [0.5, 0.6) is 0 Å². The van der Waals surface area contributed by atoms with Gasteiger partial charge in [0, 0.05) is 29.1 Å². The summed E-state index contributed by atoms with van der Waals surface area (Å²) < 4.78 is 0. The molecule has 1 saturated heterocycles. The Morgan fingerprint density at radius 2 is 1.94 bits per heavy atom. The van der Waals surface area contributed by atoms with Gasteiger partial charge in [0.15, 0.2) is 0 Å². The van der Waals surface area contributed by atoms with Gasteiger partial charge in [-0.25, -0.2) is 4.98 Å². The Bertz CT molecular complexity index is 1040. The lowest BCUT2D eigenvalue weighted by atomic mass is 9.96. The molecule has 1 aliphatic rings. The van der Waals surface area contributed by atoms with E-state index in [-0.39, 0.29) is 17.7 Å². The minimum Gasteiger partial charge on any atom is -0.369 e. The van der Waals surface area contributed by atoms with Gasteiger partial charge in [-0.05, 0) is 68.4 Å². The van der Waals surface area contributed by atoms with Crippen molar-refractivity contribution in [1.82, 2.24) is 9.88 Å². The molecule has 0 bridgehead atoms. The summed E-state index contributed by atoms with van der Waals surface area (Å²) in [7, 11) is 0. The third kappa shape index (κ3) is 5.39. The SMILES string of the molecule is Cc1nc(-c2ccsc2)sc1C(=O)Nc1ccc(CCN2CCC(C(N)=O)CC2)cc1. The molecule has 162 valence electrons. The van der Waals surface area contributed by atoms with Gasteiger partial charge in [0.2, 0.25) is 5.91 Å². The van der Waals surface area contributed by atoms with E-state index in [2.05, 4.69) is 27.3 Å². The van der Waals surface area contributed by atoms with Crippen LogP contribution >= 0.6 is 22.7 Å². The number of nitrogens with zero attached hydrogens (tertiary/aromatic N) is 2. The summed E-state index contributed by atoms with van der Waals surface area (Å²) >= 11 is 3.04. The second kappa shape index (κ2) is 9.72. The predicted molar refractivity (Wildman–Crippen MR) is 127 cm³/mol. The Hall–Kier alpha value is -2.55. The summed E-state index contributed by atoms with van der Waals surface area (Å²) in [4.78, 5) is 31.6. The molecule has 3 heterocycles. The summed E-state index contributed by atoms with van der Waals surface area (Å²) in [5.74, 6) is -0.266. The zero-order valence-electron chi connectivity index (χ0n) is 17.5. The van der Waals surface area contributed by atoms with E-state index in [0.717, 1.165) is 60.8 Å². The van der Waals surface area contributed by atoms with Crippen LogP contribution in [0, 0.1) is 12.8 Å². The Morgan fingerprint density at radius 3 is 2.58 bits per heavy atom. The Morgan fingerprint density at radius 1 is 1.19 bits per heavy atom. The molecule has 2 amide bonds. The first-order valence-electron chi connectivity index (χ1n) is 10.4. The van der Waals surface area contributed by atoms with Crippen LogP contribution in [0.4, 0.5) is 5.69 Å². The van der Waals surface area contributed by atoms with E-state index in [0.29, 0.717) is 4.88 Å². The molecule has 0 unspecified atom stereocenters. The third-order valence-electron chi connectivity index (χ3n) is 5.69. The van der Waals surface area contributed by atoms with E-state index in [1.165, 1.54) is 16.9 Å². The zero-order chi connectivity index (χ0) is 21.8. The molecule has 0 aliphatic carbocycles. The maximum atomic E-state index is 12.7. The third-order valence-corrected chi connectivity index (χ3v) is 7.58. The molecule has 4 rings (SSSR count). The van der Waals surface area contributed by atoms with Crippen LogP contribution in [0.15, 0.2) is 41.1 Å². The molecule has 3 aromatic rings. The first-order valence-corrected chi connectivity index (χ1v) is 12.2. The van der Waals surface area contributed by atoms with Gasteiger partial charge in [-0.3, -0.25) is 9.59 Å². The number of anilines is 1. The summed E-state index contributed by atoms with van der Waals surface area (Å²) in [6, 6.07) is 10.0. The number of aryl methyl sites for hydroxylation is 1. The highest BCUT2D eigenvalue weighted by molar-refractivity contribution is 7.17. The van der Waals surface area contributed by atoms with E-state index in [4.69, 9.17) is 5.73 Å². The lowest BCUT2D eigenvalue weighted by Gasteiger charge is -2.30. The lowest BCUT2D eigenvalue weighted by Crippen LogP contribution is -2.39. The fourth-order valence-corrected chi connectivity index (χ4v) is 5.46. The Balaban J connectivity index is 1.30. The zero-order valence-corrected chi connectivity index (χ0v) is 19.1. The quantitative estimate of drug-likeness (QED) is 0.561. The molecule has 3 N–H and O–H groups in total. The molecule has 1 fully saturated rings. The summed E-state index contributed by atoms with van der Waals surface area (Å²) in [5, 5.41) is 7.91. The number of piperidine rings is 1. The maximum absolute atomic E-state index is 12.7. The van der Waals surface area contributed by atoms with E-state index < -0.39 is 0 Å². The second-order valence-corrected chi connectivity index (χ2v) is 9.64. The minimum absolute atomic E-state index is 0.0302. The van der Waals surface area contributed by atoms with Crippen LogP contribution in [-0.4, -0.2) is 41.3 Å². The highest BCUT2D eigenvalue weighted by Crippen LogP contribution is 2.30. The molecule has 31 heavy (non-hydrogen) atoms. The summed E-state index contributed by atoms with van der Waals surface area (Å²) in [6.07, 6.45) is 2.64. The summed E-state index contributed by atoms with van der Waals surface area (Å²) in [6.45, 7) is 4.67. The van der Waals surface area contributed by atoms with Gasteiger partial charge in [0.1, 0.15) is 9.88 Å². The lowest BCUT2D eigenvalue weighted by molar-refractivity contribution is -0.123. The number of nitrogens with one attached hydrogen (secondary N) is 1. The fraction of sp³-hybridized carbons (Fsp3) is 0.348. The number of thiophene rings is 1. The van der Waals surface area contributed by atoms with Crippen molar-refractivity contribution in [3.05, 3.63) is 57.2 Å². The number of benzene rings is 1. The monoisotopic (exact) mass is 454 g/mol. The van der Waals surface area contributed by atoms with Crippen molar-refractivity contribution in [2.75, 3.05) is 25.0 Å². The maximum Gasteiger partial charge on any atom is 0.267 e. The van der Waals surface area contributed by atoms with Crippen LogP contribution in [0.1, 0.15) is 33.8 Å². The molecule has 2 aromatic heterocycles. The van der Waals surface area contributed by atoms with Gasteiger partial charge in [-0.1, -0.05) is 12.1 Å². The number of rotatable bonds is 7. The number of thiazole rings is 1. The van der Waals surface area contributed by atoms with Gasteiger partial charge in [-0.15, -0.1) is 11.3 Å². The average Bonchev–Trinajstić information content (AvgIpc) is 3.43. The first-order chi connectivity index (χ1) is 15.0. The van der Waals surface area contributed by atoms with Gasteiger partial charge in [0.05, 0.1) is 5.69 Å². The normalized spacial score (nSPS) is 15.1. The van der Waals surface area contributed by atoms with Crippen molar-refractivity contribution in [3.8, 4) is 10.6 Å². The van der Waals surface area contributed by atoms with E-state index in [9.17, 15) is 9.59 Å². The molecular formula is C23H26N4O2S2. The minimum atomic E-state index is -0.173. The molecule has 1 aromatic carbocycles. The second-order valence-electron chi connectivity index (χ2n) is 7.86. The predicted octanol–water partition coefficient (Wildman–Crippen LogP) is 4.17. The van der Waals surface area contributed by atoms with Crippen molar-refractivity contribution < 1.29 is 9.59 Å². The number of primary amides is 1. The molecule has 1 aliphatic heterocycles. The summed E-state index contributed by atoms with van der Waals surface area (Å²) in [5.41, 5.74) is 9.22. The molecule has 0 radical (unpaired) electrons. The van der Waals surface area contributed by atoms with E-state index >= 15 is 0 Å². The number of aromatic nitrogens is 1. The largest absolute Gasteiger partial charge is 0.369 e. The van der Waals surface area contributed by atoms with Crippen molar-refractivity contribution in [2.24, 2.45) is 11.7 Å². The van der Waals surface area contributed by atoms with Crippen molar-refractivity contribution in [2.45, 2.75) is 26.2 Å². The van der Waals surface area contributed by atoms with Crippen LogP contribution in [-0.2, 0) is 11.2 Å². The smallest absolute Gasteiger partial charge is 0.267 e. The Labute approximate surface area is 190 Å². The number of hydrogen-bond donors (Lipinski definition) is 2. The van der Waals surface area contributed by atoms with E-state index in [1.54, 1.807) is 11.3 Å². The molecule has 0 atom stereocenters. The van der Waals surface area contributed by atoms with E-state index in [1.807, 2.05) is 35.9 Å². The number of hydrogen-bond acceptors (Lipinski definition) is 6. The number of carbonyl (C=O) groups is 2. The van der Waals surface area contributed by atoms with Crippen molar-refractivity contribution in [3.63, 3.8) is 0 Å². The number of nitrogens with two attached hydrogens (primary N) is 1. The van der Waals surface area contributed by atoms with Gasteiger partial charge in [-0.2, -0.15) is 11.3 Å². The molecule has 6 nitrogen and oxygen atoms in total. The molecular weight excluding hydrogens is 428 g/mol. The number of amides is 2. The highest BCUT2D eigenvalue weighted by atomic mass is 32.1. The first kappa shape index (κ1) is 21.7. The highest BCUT2D eigenvalue weighted by Gasteiger charge is 2.22. The van der Waals surface area contributed by atoms with Crippen LogP contribution in [0.25, 0.3) is 10.6 Å². The molecule has 0 spiro atoms. The average molecular weight is 455 g/mol. The Kier molecular flexibility index (Phi) is 6.80. The van der Waals surface area contributed by atoms with Crippen molar-refractivity contribution >= 4 is 40.2 Å². The van der Waals surface area contributed by atoms with Gasteiger partial charge < -0.3 is 16.0 Å². The standard InChI is InChI=1S/C23H26N4O2S2/c1-15-20(31-23(25-15)18-9-13-30-14-18)22(29)26-19-4-2-16(3-5-19)6-10-27-11-7-17(8-12-27)21(24)28/h2-5,9,13-14,17H,6-8,10-12H2,1H3,(H2,24,28)(H,26,29). The van der Waals surface area contributed by atoms with Gasteiger partial charge in [0.25, 0.3) is 5.91 Å². The number of carbonyl (C=O) groups excluding carboxylic acids is 2. The van der Waals surface area contributed by atoms with Crippen LogP contribution in [0.2, 0.25) is 0 Å². The van der Waals surface area contributed by atoms with Crippen LogP contribution < -0.4 is 11.1 Å². The number of likely N-dealkylation sites (tertiary alicyclic amines) is 1. The fourth-order valence-electron chi connectivity index (χ4n) is 3.79.